The average Bonchev–Trinajstić information content (AvgIpc) is 2.59. The number of methoxy groups -OCH3 is 1. The number of fused-ring (bicyclic) bond motifs is 1. The van der Waals surface area contributed by atoms with Gasteiger partial charge in [-0.2, -0.15) is 0 Å². The molecular formula is C17H18N4O. The van der Waals surface area contributed by atoms with Gasteiger partial charge in [0.1, 0.15) is 11.6 Å². The van der Waals surface area contributed by atoms with Crippen LogP contribution in [0.1, 0.15) is 0 Å². The molecule has 0 fully saturated rings. The summed E-state index contributed by atoms with van der Waals surface area (Å²) in [5.74, 6) is 2.18. The highest BCUT2D eigenvalue weighted by atomic mass is 16.5. The van der Waals surface area contributed by atoms with Gasteiger partial charge in [-0.1, -0.05) is 24.3 Å². The average molecular weight is 294 g/mol. The lowest BCUT2D eigenvalue weighted by molar-refractivity contribution is 0.416. The smallest absolute Gasteiger partial charge is 0.165 e. The molecule has 0 aliphatic rings. The van der Waals surface area contributed by atoms with Gasteiger partial charge < -0.3 is 15.8 Å². The number of benzene rings is 2. The predicted octanol–water partition coefficient (Wildman–Crippen LogP) is 2.68. The van der Waals surface area contributed by atoms with Crippen molar-refractivity contribution in [3.05, 3.63) is 48.5 Å². The Hall–Kier alpha value is -2.66. The number of nitrogens with one attached hydrogen (secondary N) is 1. The second kappa shape index (κ2) is 6.41. The molecule has 0 bridgehead atoms. The van der Waals surface area contributed by atoms with Gasteiger partial charge in [0.2, 0.25) is 0 Å². The van der Waals surface area contributed by atoms with Crippen LogP contribution in [0.2, 0.25) is 0 Å². The molecule has 0 unspecified atom stereocenters. The van der Waals surface area contributed by atoms with Crippen LogP contribution >= 0.6 is 0 Å². The number of para-hydroxylation sites is 2. The molecule has 3 N–H and O–H groups in total. The molecular weight excluding hydrogens is 276 g/mol. The third-order valence-electron chi connectivity index (χ3n) is 3.39. The molecule has 1 aromatic heterocycles. The van der Waals surface area contributed by atoms with E-state index in [0.717, 1.165) is 28.0 Å². The molecule has 0 amide bonds. The van der Waals surface area contributed by atoms with Crippen LogP contribution < -0.4 is 15.8 Å². The second-order valence-electron chi connectivity index (χ2n) is 4.83. The third kappa shape index (κ3) is 2.71. The zero-order valence-electron chi connectivity index (χ0n) is 12.4. The van der Waals surface area contributed by atoms with Crippen molar-refractivity contribution in [3.8, 4) is 17.1 Å². The second-order valence-corrected chi connectivity index (χ2v) is 4.83. The molecule has 3 rings (SSSR count). The summed E-state index contributed by atoms with van der Waals surface area (Å²) in [4.78, 5) is 9.32. The van der Waals surface area contributed by atoms with Crippen molar-refractivity contribution < 1.29 is 4.74 Å². The molecule has 5 nitrogen and oxygen atoms in total. The fourth-order valence-electron chi connectivity index (χ4n) is 2.35. The van der Waals surface area contributed by atoms with E-state index in [2.05, 4.69) is 15.3 Å². The third-order valence-corrected chi connectivity index (χ3v) is 3.39. The Morgan fingerprint density at radius 3 is 2.64 bits per heavy atom. The summed E-state index contributed by atoms with van der Waals surface area (Å²) in [7, 11) is 1.65. The Bertz CT molecular complexity index is 788. The Labute approximate surface area is 129 Å². The number of rotatable bonds is 5. The van der Waals surface area contributed by atoms with Crippen molar-refractivity contribution >= 4 is 16.7 Å². The molecule has 5 heteroatoms. The van der Waals surface area contributed by atoms with Gasteiger partial charge in [-0.15, -0.1) is 0 Å². The van der Waals surface area contributed by atoms with Crippen molar-refractivity contribution in [1.29, 1.82) is 0 Å². The Morgan fingerprint density at radius 2 is 1.82 bits per heavy atom. The maximum atomic E-state index is 5.59. The predicted molar refractivity (Wildman–Crippen MR) is 89.1 cm³/mol. The van der Waals surface area contributed by atoms with Crippen molar-refractivity contribution in [2.45, 2.75) is 0 Å². The lowest BCUT2D eigenvalue weighted by Gasteiger charge is -2.12. The number of nitrogens with zero attached hydrogens (tertiary/aromatic N) is 2. The SMILES string of the molecule is COc1ccccc1-c1nc(NCCN)c2ccccc2n1. The van der Waals surface area contributed by atoms with Crippen molar-refractivity contribution in [1.82, 2.24) is 9.97 Å². The molecule has 0 aliphatic carbocycles. The molecule has 0 aliphatic heterocycles. The number of ether oxygens (including phenoxy) is 1. The Kier molecular flexibility index (Phi) is 4.16. The lowest BCUT2D eigenvalue weighted by atomic mass is 10.1. The van der Waals surface area contributed by atoms with Crippen molar-refractivity contribution in [2.24, 2.45) is 5.73 Å². The Morgan fingerprint density at radius 1 is 1.05 bits per heavy atom. The summed E-state index contributed by atoms with van der Waals surface area (Å²) in [5, 5.41) is 4.25. The van der Waals surface area contributed by atoms with Gasteiger partial charge in [0, 0.05) is 18.5 Å². The lowest BCUT2D eigenvalue weighted by Crippen LogP contribution is -2.14. The summed E-state index contributed by atoms with van der Waals surface area (Å²) in [6.45, 7) is 1.20. The summed E-state index contributed by atoms with van der Waals surface area (Å²) in [5.41, 5.74) is 7.34. The summed E-state index contributed by atoms with van der Waals surface area (Å²) in [6.07, 6.45) is 0. The fourth-order valence-corrected chi connectivity index (χ4v) is 2.35. The number of nitrogens with two attached hydrogens (primary N) is 1. The summed E-state index contributed by atoms with van der Waals surface area (Å²) in [6, 6.07) is 15.6. The van der Waals surface area contributed by atoms with Crippen LogP contribution in [0.4, 0.5) is 5.82 Å². The highest BCUT2D eigenvalue weighted by Crippen LogP contribution is 2.30. The van der Waals surface area contributed by atoms with E-state index in [0.29, 0.717) is 18.9 Å². The summed E-state index contributed by atoms with van der Waals surface area (Å²) < 4.78 is 5.41. The first kappa shape index (κ1) is 14.3. The van der Waals surface area contributed by atoms with Gasteiger partial charge in [0.25, 0.3) is 0 Å². The number of hydrogen-bond donors (Lipinski definition) is 2. The van der Waals surface area contributed by atoms with Gasteiger partial charge >= 0.3 is 0 Å². The zero-order chi connectivity index (χ0) is 15.4. The molecule has 22 heavy (non-hydrogen) atoms. The highest BCUT2D eigenvalue weighted by molar-refractivity contribution is 5.90. The van der Waals surface area contributed by atoms with Crippen molar-refractivity contribution in [2.75, 3.05) is 25.5 Å². The molecule has 112 valence electrons. The van der Waals surface area contributed by atoms with E-state index in [1.54, 1.807) is 7.11 Å². The van der Waals surface area contributed by atoms with E-state index < -0.39 is 0 Å². The maximum absolute atomic E-state index is 5.59. The first-order chi connectivity index (χ1) is 10.8. The zero-order valence-corrected chi connectivity index (χ0v) is 12.4. The van der Waals surface area contributed by atoms with Gasteiger partial charge in [-0.3, -0.25) is 0 Å². The van der Waals surface area contributed by atoms with E-state index in [4.69, 9.17) is 10.5 Å². The van der Waals surface area contributed by atoms with E-state index >= 15 is 0 Å². The maximum Gasteiger partial charge on any atom is 0.165 e. The number of aromatic nitrogens is 2. The van der Waals surface area contributed by atoms with Crippen molar-refractivity contribution in [3.63, 3.8) is 0 Å². The quantitative estimate of drug-likeness (QED) is 0.757. The van der Waals surface area contributed by atoms with Crippen LogP contribution in [0.5, 0.6) is 5.75 Å². The Balaban J connectivity index is 2.18. The minimum atomic E-state index is 0.544. The molecule has 0 radical (unpaired) electrons. The minimum absolute atomic E-state index is 0.544. The standard InChI is InChI=1S/C17H18N4O/c1-22-15-9-5-3-7-13(15)17-20-14-8-4-2-6-12(14)16(21-17)19-11-10-18/h2-9H,10-11,18H2,1H3,(H,19,20,21). The summed E-state index contributed by atoms with van der Waals surface area (Å²) >= 11 is 0. The first-order valence-corrected chi connectivity index (χ1v) is 7.17. The van der Waals surface area contributed by atoms with Crippen LogP contribution in [0.15, 0.2) is 48.5 Å². The van der Waals surface area contributed by atoms with E-state index in [1.165, 1.54) is 0 Å². The van der Waals surface area contributed by atoms with Gasteiger partial charge in [-0.25, -0.2) is 9.97 Å². The van der Waals surface area contributed by atoms with E-state index in [-0.39, 0.29) is 0 Å². The van der Waals surface area contributed by atoms with Gasteiger partial charge in [-0.05, 0) is 24.3 Å². The van der Waals surface area contributed by atoms with Crippen LogP contribution in [0.25, 0.3) is 22.3 Å². The molecule has 1 heterocycles. The highest BCUT2D eigenvalue weighted by Gasteiger charge is 2.12. The van der Waals surface area contributed by atoms with Gasteiger partial charge in [0.05, 0.1) is 18.2 Å². The van der Waals surface area contributed by atoms with E-state index in [9.17, 15) is 0 Å². The first-order valence-electron chi connectivity index (χ1n) is 7.17. The van der Waals surface area contributed by atoms with Crippen LogP contribution in [-0.2, 0) is 0 Å². The number of anilines is 1. The largest absolute Gasteiger partial charge is 0.496 e. The molecule has 0 saturated heterocycles. The molecule has 0 spiro atoms. The normalized spacial score (nSPS) is 10.6. The molecule has 0 atom stereocenters. The van der Waals surface area contributed by atoms with Gasteiger partial charge in [0.15, 0.2) is 5.82 Å². The molecule has 2 aromatic carbocycles. The minimum Gasteiger partial charge on any atom is -0.496 e. The monoisotopic (exact) mass is 294 g/mol. The van der Waals surface area contributed by atoms with Crippen LogP contribution in [0.3, 0.4) is 0 Å². The molecule has 0 saturated carbocycles. The fraction of sp³-hybridized carbons (Fsp3) is 0.176. The molecule has 3 aromatic rings. The van der Waals surface area contributed by atoms with Crippen LogP contribution in [0, 0.1) is 0 Å². The van der Waals surface area contributed by atoms with Crippen LogP contribution in [-0.4, -0.2) is 30.2 Å². The topological polar surface area (TPSA) is 73.1 Å². The van der Waals surface area contributed by atoms with E-state index in [1.807, 2.05) is 48.5 Å². The number of hydrogen-bond acceptors (Lipinski definition) is 5.